The van der Waals surface area contributed by atoms with Gasteiger partial charge in [0.15, 0.2) is 0 Å². The zero-order valence-corrected chi connectivity index (χ0v) is 23.9. The van der Waals surface area contributed by atoms with Gasteiger partial charge in [0.25, 0.3) is 16.0 Å². The van der Waals surface area contributed by atoms with E-state index in [2.05, 4.69) is 15.5 Å². The van der Waals surface area contributed by atoms with Gasteiger partial charge >= 0.3 is 29.6 Å². The van der Waals surface area contributed by atoms with Crippen LogP contribution in [0.1, 0.15) is 15.9 Å². The summed E-state index contributed by atoms with van der Waals surface area (Å²) in [5.41, 5.74) is 0.932. The zero-order valence-electron chi connectivity index (χ0n) is 21.1. The van der Waals surface area contributed by atoms with Crippen LogP contribution < -0.4 is 49.5 Å². The standard InChI is InChI=1S/C26H23N3O7S.Na/c1-15-8-9-17(35-2)13-21(15)27-26(31)20-12-16-6-4-5-7-19(16)24(25(20)30)29-28-22-14-18(37(32,33)34)10-11-23(22)36-3;/h4-14,30H,1-3H3,(H,27,31)(H,32,33,34);/q;+1/p-1. The maximum Gasteiger partial charge on any atom is 1.00 e. The normalized spacial score (nSPS) is 11.3. The molecule has 0 aliphatic carbocycles. The van der Waals surface area contributed by atoms with Crippen LogP contribution in [0.4, 0.5) is 17.1 Å². The molecule has 0 aromatic heterocycles. The fraction of sp³-hybridized carbons (Fsp3) is 0.115. The largest absolute Gasteiger partial charge is 1.00 e. The van der Waals surface area contributed by atoms with E-state index in [4.69, 9.17) is 9.47 Å². The van der Waals surface area contributed by atoms with Crippen LogP contribution in [0, 0.1) is 6.92 Å². The number of fused-ring (bicyclic) bond motifs is 1. The molecule has 12 heteroatoms. The first-order valence-corrected chi connectivity index (χ1v) is 12.3. The Morgan fingerprint density at radius 2 is 1.71 bits per heavy atom. The number of anilines is 1. The van der Waals surface area contributed by atoms with Crippen LogP contribution in [0.5, 0.6) is 17.2 Å². The van der Waals surface area contributed by atoms with Gasteiger partial charge in [-0.3, -0.25) is 9.35 Å². The Balaban J connectivity index is 0.00000400. The van der Waals surface area contributed by atoms with Crippen molar-refractivity contribution < 1.29 is 61.9 Å². The molecule has 0 fully saturated rings. The average Bonchev–Trinajstić information content (AvgIpc) is 2.88. The summed E-state index contributed by atoms with van der Waals surface area (Å²) in [6.45, 7) is 1.81. The number of ether oxygens (including phenoxy) is 2. The molecule has 38 heavy (non-hydrogen) atoms. The number of aryl methyl sites for hydroxylation is 1. The van der Waals surface area contributed by atoms with E-state index in [9.17, 15) is 22.9 Å². The second kappa shape index (κ2) is 11.9. The fourth-order valence-corrected chi connectivity index (χ4v) is 4.14. The van der Waals surface area contributed by atoms with Gasteiger partial charge in [0, 0.05) is 22.7 Å². The van der Waals surface area contributed by atoms with E-state index in [1.807, 2.05) is 0 Å². The molecule has 4 aromatic rings. The van der Waals surface area contributed by atoms with Gasteiger partial charge in [-0.05, 0) is 48.2 Å². The van der Waals surface area contributed by atoms with Crippen molar-refractivity contribution in [2.45, 2.75) is 11.8 Å². The van der Waals surface area contributed by atoms with Crippen LogP contribution in [0.15, 0.2) is 81.9 Å². The Morgan fingerprint density at radius 3 is 2.39 bits per heavy atom. The van der Waals surface area contributed by atoms with E-state index in [0.29, 0.717) is 22.2 Å². The molecule has 0 radical (unpaired) electrons. The molecule has 0 aliphatic heterocycles. The van der Waals surface area contributed by atoms with Gasteiger partial charge in [0.1, 0.15) is 17.2 Å². The molecule has 0 unspecified atom stereocenters. The maximum atomic E-state index is 13.4. The summed E-state index contributed by atoms with van der Waals surface area (Å²) in [6, 6.07) is 17.0. The van der Waals surface area contributed by atoms with Crippen molar-refractivity contribution in [3.8, 4) is 17.2 Å². The van der Waals surface area contributed by atoms with E-state index < -0.39 is 26.7 Å². The van der Waals surface area contributed by atoms with Crippen molar-refractivity contribution in [2.24, 2.45) is 10.2 Å². The molecule has 0 saturated carbocycles. The van der Waals surface area contributed by atoms with E-state index in [1.165, 1.54) is 26.4 Å². The molecule has 0 aliphatic rings. The third kappa shape index (κ3) is 6.14. The van der Waals surface area contributed by atoms with E-state index in [-0.39, 0.29) is 52.2 Å². The first kappa shape index (κ1) is 29.1. The van der Waals surface area contributed by atoms with Gasteiger partial charge in [0.2, 0.25) is 0 Å². The fourth-order valence-electron chi connectivity index (χ4n) is 3.64. The number of carbonyl (C=O) groups is 1. The van der Waals surface area contributed by atoms with Crippen molar-refractivity contribution in [1.29, 1.82) is 0 Å². The molecule has 2 N–H and O–H groups in total. The molecule has 0 bridgehead atoms. The first-order chi connectivity index (χ1) is 17.6. The number of amides is 1. The Labute approximate surface area is 241 Å². The zero-order chi connectivity index (χ0) is 26.7. The van der Waals surface area contributed by atoms with Crippen LogP contribution in [0.2, 0.25) is 0 Å². The van der Waals surface area contributed by atoms with Crippen LogP contribution in [0.25, 0.3) is 10.8 Å². The summed E-state index contributed by atoms with van der Waals surface area (Å²) in [4.78, 5) is 12.8. The maximum absolute atomic E-state index is 13.4. The van der Waals surface area contributed by atoms with Crippen molar-refractivity contribution in [3.63, 3.8) is 0 Å². The second-order valence-electron chi connectivity index (χ2n) is 7.97. The third-order valence-corrected chi connectivity index (χ3v) is 6.47. The summed E-state index contributed by atoms with van der Waals surface area (Å²) in [5, 5.41) is 25.3. The topological polar surface area (TPSA) is 150 Å². The summed E-state index contributed by atoms with van der Waals surface area (Å²) in [6.07, 6.45) is 0. The summed E-state index contributed by atoms with van der Waals surface area (Å²) in [7, 11) is -1.66. The number of carbonyl (C=O) groups excluding carboxylic acids is 1. The van der Waals surface area contributed by atoms with Crippen molar-refractivity contribution in [2.75, 3.05) is 19.5 Å². The smallest absolute Gasteiger partial charge is 0.870 e. The molecular weight excluding hydrogens is 521 g/mol. The van der Waals surface area contributed by atoms with Crippen LogP contribution in [-0.2, 0) is 10.1 Å². The SMILES string of the molecule is COc1ccc(C)c(NC(=O)c2cc3ccccc3c(N=Nc3cc(S(=O)(=O)O)ccc3OC)c2[O-])c1.[Na+]. The van der Waals surface area contributed by atoms with Gasteiger partial charge in [-0.2, -0.15) is 13.5 Å². The Kier molecular flexibility index (Phi) is 9.13. The predicted octanol–water partition coefficient (Wildman–Crippen LogP) is 2.16. The van der Waals surface area contributed by atoms with Gasteiger partial charge in [0.05, 0.1) is 24.8 Å². The number of hydrogen-bond acceptors (Lipinski definition) is 8. The number of azo groups is 1. The third-order valence-electron chi connectivity index (χ3n) is 5.62. The molecule has 4 rings (SSSR count). The minimum absolute atomic E-state index is 0. The van der Waals surface area contributed by atoms with Crippen molar-refractivity contribution in [1.82, 2.24) is 0 Å². The van der Waals surface area contributed by atoms with Gasteiger partial charge in [-0.15, -0.1) is 5.11 Å². The number of rotatable bonds is 7. The van der Waals surface area contributed by atoms with E-state index in [1.54, 1.807) is 49.4 Å². The monoisotopic (exact) mass is 543 g/mol. The minimum atomic E-state index is -4.51. The Bertz CT molecular complexity index is 1660. The molecule has 190 valence electrons. The molecular formula is C26H22N3NaO7S. The molecule has 0 atom stereocenters. The summed E-state index contributed by atoms with van der Waals surface area (Å²) < 4.78 is 42.9. The molecule has 0 heterocycles. The first-order valence-electron chi connectivity index (χ1n) is 10.9. The summed E-state index contributed by atoms with van der Waals surface area (Å²) in [5.74, 6) is -0.618. The number of hydrogen-bond donors (Lipinski definition) is 2. The van der Waals surface area contributed by atoms with E-state index in [0.717, 1.165) is 17.7 Å². The van der Waals surface area contributed by atoms with Crippen LogP contribution in [-0.4, -0.2) is 33.1 Å². The van der Waals surface area contributed by atoms with Crippen molar-refractivity contribution in [3.05, 3.63) is 77.9 Å². The molecule has 4 aromatic carbocycles. The van der Waals surface area contributed by atoms with Crippen molar-refractivity contribution >= 4 is 43.9 Å². The Morgan fingerprint density at radius 1 is 0.974 bits per heavy atom. The molecule has 0 spiro atoms. The number of methoxy groups -OCH3 is 2. The van der Waals surface area contributed by atoms with Crippen LogP contribution in [0.3, 0.4) is 0 Å². The quantitative estimate of drug-likeness (QED) is 0.206. The number of nitrogens with one attached hydrogen (secondary N) is 1. The van der Waals surface area contributed by atoms with Gasteiger partial charge in [-0.1, -0.05) is 36.1 Å². The number of benzene rings is 4. The Hall–Kier alpha value is -3.48. The number of nitrogens with zero attached hydrogens (tertiary/aromatic N) is 2. The van der Waals surface area contributed by atoms with Gasteiger partial charge < -0.3 is 19.9 Å². The van der Waals surface area contributed by atoms with Gasteiger partial charge in [-0.25, -0.2) is 0 Å². The molecule has 10 nitrogen and oxygen atoms in total. The second-order valence-corrected chi connectivity index (χ2v) is 9.39. The van der Waals surface area contributed by atoms with E-state index >= 15 is 0 Å². The van der Waals surface area contributed by atoms with Crippen LogP contribution >= 0.6 is 0 Å². The minimum Gasteiger partial charge on any atom is -0.870 e. The summed E-state index contributed by atoms with van der Waals surface area (Å²) >= 11 is 0. The average molecular weight is 544 g/mol. The molecule has 1 amide bonds. The molecule has 0 saturated heterocycles. The predicted molar refractivity (Wildman–Crippen MR) is 136 cm³/mol.